The minimum atomic E-state index is -3.95. The van der Waals surface area contributed by atoms with Crippen LogP contribution in [0.25, 0.3) is 0 Å². The maximum Gasteiger partial charge on any atom is 0.410 e. The molecule has 0 radical (unpaired) electrons. The zero-order valence-electron chi connectivity index (χ0n) is 20.1. The van der Waals surface area contributed by atoms with Crippen molar-refractivity contribution in [3.05, 3.63) is 53.1 Å². The maximum absolute atomic E-state index is 13.0. The van der Waals surface area contributed by atoms with Crippen LogP contribution in [0.2, 0.25) is 0 Å². The minimum absolute atomic E-state index is 0.00695. The van der Waals surface area contributed by atoms with Crippen LogP contribution in [0, 0.1) is 0 Å². The first-order chi connectivity index (χ1) is 15.8. The second-order valence-electron chi connectivity index (χ2n) is 9.43. The number of sulfonamides is 1. The number of benzene rings is 2. The van der Waals surface area contributed by atoms with Gasteiger partial charge in [0, 0.05) is 27.2 Å². The highest BCUT2D eigenvalue weighted by Crippen LogP contribution is 2.32. The third-order valence-corrected chi connectivity index (χ3v) is 6.79. The highest BCUT2D eigenvalue weighted by atomic mass is 32.2. The van der Waals surface area contributed by atoms with Crippen LogP contribution in [-0.4, -0.2) is 63.3 Å². The van der Waals surface area contributed by atoms with E-state index in [0.717, 1.165) is 11.1 Å². The third-order valence-electron chi connectivity index (χ3n) is 5.41. The van der Waals surface area contributed by atoms with Crippen molar-refractivity contribution in [3.63, 3.8) is 0 Å². The molecule has 2 aromatic carbocycles. The number of anilines is 2. The Morgan fingerprint density at radius 2 is 1.59 bits per heavy atom. The summed E-state index contributed by atoms with van der Waals surface area (Å²) in [5, 5.41) is 9.05. The van der Waals surface area contributed by atoms with Crippen LogP contribution in [-0.2, 0) is 27.6 Å². The lowest BCUT2D eigenvalue weighted by atomic mass is 10.0. The molecule has 9 nitrogen and oxygen atoms in total. The van der Waals surface area contributed by atoms with Crippen molar-refractivity contribution in [3.8, 4) is 0 Å². The first-order valence-electron chi connectivity index (χ1n) is 10.9. The fourth-order valence-electron chi connectivity index (χ4n) is 3.71. The first kappa shape index (κ1) is 25.4. The fourth-order valence-corrected chi connectivity index (χ4v) is 4.77. The molecule has 34 heavy (non-hydrogen) atoms. The van der Waals surface area contributed by atoms with Gasteiger partial charge < -0.3 is 19.6 Å². The van der Waals surface area contributed by atoms with Crippen LogP contribution in [0.3, 0.4) is 0 Å². The number of nitrogens with zero attached hydrogens (tertiary/aromatic N) is 2. The van der Waals surface area contributed by atoms with E-state index in [0.29, 0.717) is 37.3 Å². The number of carboxylic acid groups (broad SMARTS) is 1. The van der Waals surface area contributed by atoms with E-state index in [2.05, 4.69) is 4.72 Å². The summed E-state index contributed by atoms with van der Waals surface area (Å²) in [5.41, 5.74) is 2.53. The van der Waals surface area contributed by atoms with Gasteiger partial charge >= 0.3 is 12.1 Å². The van der Waals surface area contributed by atoms with E-state index < -0.39 is 21.6 Å². The van der Waals surface area contributed by atoms with Crippen molar-refractivity contribution < 1.29 is 27.9 Å². The molecule has 1 heterocycles. The summed E-state index contributed by atoms with van der Waals surface area (Å²) in [7, 11) is -0.298. The largest absolute Gasteiger partial charge is 0.478 e. The van der Waals surface area contributed by atoms with Gasteiger partial charge in [0.25, 0.3) is 10.0 Å². The van der Waals surface area contributed by atoms with Gasteiger partial charge in [0.1, 0.15) is 5.60 Å². The molecule has 3 rings (SSSR count). The number of aromatic carboxylic acids is 1. The minimum Gasteiger partial charge on any atom is -0.478 e. The Bertz CT molecular complexity index is 1180. The number of carboxylic acids is 1. The first-order valence-corrected chi connectivity index (χ1v) is 12.4. The molecule has 0 atom stereocenters. The van der Waals surface area contributed by atoms with Gasteiger partial charge in [-0.25, -0.2) is 18.0 Å². The van der Waals surface area contributed by atoms with Crippen LogP contribution in [0.4, 0.5) is 16.2 Å². The molecule has 10 heteroatoms. The van der Waals surface area contributed by atoms with Crippen molar-refractivity contribution in [2.45, 2.75) is 44.1 Å². The second-order valence-corrected chi connectivity index (χ2v) is 11.1. The summed E-state index contributed by atoms with van der Waals surface area (Å²) >= 11 is 0. The Hall–Kier alpha value is -3.27. The third kappa shape index (κ3) is 5.99. The Balaban J connectivity index is 1.88. The number of hydrogen-bond acceptors (Lipinski definition) is 6. The molecule has 0 saturated heterocycles. The van der Waals surface area contributed by atoms with Crippen molar-refractivity contribution in [2.75, 3.05) is 36.8 Å². The van der Waals surface area contributed by atoms with Gasteiger partial charge in [-0.15, -0.1) is 0 Å². The molecule has 184 valence electrons. The van der Waals surface area contributed by atoms with Crippen molar-refractivity contribution >= 4 is 33.5 Å². The normalized spacial score (nSPS) is 14.1. The monoisotopic (exact) mass is 489 g/mol. The van der Waals surface area contributed by atoms with Crippen LogP contribution < -0.4 is 9.62 Å². The van der Waals surface area contributed by atoms with E-state index in [-0.39, 0.29) is 16.6 Å². The molecule has 2 aromatic rings. The van der Waals surface area contributed by atoms with Gasteiger partial charge in [-0.05, 0) is 81.1 Å². The lowest BCUT2D eigenvalue weighted by molar-refractivity contribution is 0.0258. The average Bonchev–Trinajstić information content (AvgIpc) is 2.94. The van der Waals surface area contributed by atoms with E-state index in [1.54, 1.807) is 4.90 Å². The summed E-state index contributed by atoms with van der Waals surface area (Å²) in [5.74, 6) is -1.13. The van der Waals surface area contributed by atoms with Gasteiger partial charge in [0.2, 0.25) is 0 Å². The zero-order valence-corrected chi connectivity index (χ0v) is 20.9. The Morgan fingerprint density at radius 1 is 1.03 bits per heavy atom. The SMILES string of the molecule is CN(C)c1cc2c(cc1NS(=O)(=O)c1ccc(C(=O)O)cc1)CCN(C(=O)OC(C)(C)C)CC2. The number of carbonyl (C=O) groups excluding carboxylic acids is 1. The number of nitrogens with one attached hydrogen (secondary N) is 1. The van der Waals surface area contributed by atoms with Gasteiger partial charge in [-0.3, -0.25) is 4.72 Å². The number of ether oxygens (including phenoxy) is 1. The van der Waals surface area contributed by atoms with E-state index >= 15 is 0 Å². The molecule has 0 unspecified atom stereocenters. The number of rotatable bonds is 5. The summed E-state index contributed by atoms with van der Waals surface area (Å²) in [4.78, 5) is 27.1. The van der Waals surface area contributed by atoms with E-state index in [9.17, 15) is 18.0 Å². The molecular weight excluding hydrogens is 458 g/mol. The van der Waals surface area contributed by atoms with Crippen molar-refractivity contribution in [2.24, 2.45) is 0 Å². The number of amides is 1. The van der Waals surface area contributed by atoms with E-state index in [4.69, 9.17) is 9.84 Å². The Morgan fingerprint density at radius 3 is 2.09 bits per heavy atom. The Kier molecular flexibility index (Phi) is 7.11. The molecule has 0 spiro atoms. The highest BCUT2D eigenvalue weighted by Gasteiger charge is 2.26. The zero-order chi connectivity index (χ0) is 25.3. The quantitative estimate of drug-likeness (QED) is 0.659. The highest BCUT2D eigenvalue weighted by molar-refractivity contribution is 7.92. The second kappa shape index (κ2) is 9.54. The van der Waals surface area contributed by atoms with E-state index in [1.807, 2.05) is 51.9 Å². The predicted octanol–water partition coefficient (Wildman–Crippen LogP) is 3.59. The van der Waals surface area contributed by atoms with Gasteiger partial charge in [0.05, 0.1) is 21.8 Å². The van der Waals surface area contributed by atoms with Crippen molar-refractivity contribution in [1.82, 2.24) is 4.90 Å². The van der Waals surface area contributed by atoms with Gasteiger partial charge in [-0.2, -0.15) is 0 Å². The molecule has 0 aromatic heterocycles. The Labute approximate surface area is 200 Å². The van der Waals surface area contributed by atoms with Crippen LogP contribution in [0.15, 0.2) is 41.3 Å². The standard InChI is InChI=1S/C24H31N3O6S/c1-24(2,3)33-23(30)27-12-10-17-14-20(21(26(4)5)15-18(17)11-13-27)25-34(31,32)19-8-6-16(7-9-19)22(28)29/h6-9,14-15,25H,10-13H2,1-5H3,(H,28,29). The van der Waals surface area contributed by atoms with Crippen LogP contribution in [0.5, 0.6) is 0 Å². The van der Waals surface area contributed by atoms with Gasteiger partial charge in [-0.1, -0.05) is 0 Å². The molecule has 1 amide bonds. The maximum atomic E-state index is 13.0. The predicted molar refractivity (Wildman–Crippen MR) is 130 cm³/mol. The van der Waals surface area contributed by atoms with Crippen molar-refractivity contribution in [1.29, 1.82) is 0 Å². The average molecular weight is 490 g/mol. The molecule has 0 saturated carbocycles. The summed E-state index contributed by atoms with van der Waals surface area (Å²) < 4.78 is 34.2. The topological polar surface area (TPSA) is 116 Å². The number of hydrogen-bond donors (Lipinski definition) is 2. The molecule has 2 N–H and O–H groups in total. The molecule has 1 aliphatic heterocycles. The molecule has 0 bridgehead atoms. The molecule has 0 aliphatic carbocycles. The number of fused-ring (bicyclic) bond motifs is 1. The number of carbonyl (C=O) groups is 2. The lowest BCUT2D eigenvalue weighted by Crippen LogP contribution is -2.38. The summed E-state index contributed by atoms with van der Waals surface area (Å²) in [6.45, 7) is 6.46. The van der Waals surface area contributed by atoms with Gasteiger partial charge in [0.15, 0.2) is 0 Å². The van der Waals surface area contributed by atoms with Crippen LogP contribution >= 0.6 is 0 Å². The molecule has 1 aliphatic rings. The smallest absolute Gasteiger partial charge is 0.410 e. The fraction of sp³-hybridized carbons (Fsp3) is 0.417. The molecular formula is C24H31N3O6S. The van der Waals surface area contributed by atoms with E-state index in [1.165, 1.54) is 24.3 Å². The molecule has 0 fully saturated rings. The summed E-state index contributed by atoms with van der Waals surface area (Å²) in [6.07, 6.45) is 0.822. The summed E-state index contributed by atoms with van der Waals surface area (Å²) in [6, 6.07) is 8.80. The van der Waals surface area contributed by atoms with Crippen LogP contribution in [0.1, 0.15) is 42.3 Å². The lowest BCUT2D eigenvalue weighted by Gasteiger charge is -2.26.